The Bertz CT molecular complexity index is 467. The number of benzene rings is 1. The van der Waals surface area contributed by atoms with Crippen LogP contribution in [0.4, 0.5) is 10.5 Å². The summed E-state index contributed by atoms with van der Waals surface area (Å²) in [7, 11) is 1.70. The molecule has 0 bridgehead atoms. The van der Waals surface area contributed by atoms with E-state index in [1.165, 1.54) is 0 Å². The van der Waals surface area contributed by atoms with E-state index in [1.54, 1.807) is 38.3 Å². The van der Waals surface area contributed by atoms with E-state index in [-0.39, 0.29) is 11.4 Å². The van der Waals surface area contributed by atoms with Gasteiger partial charge in [-0.15, -0.1) is 0 Å². The van der Waals surface area contributed by atoms with Gasteiger partial charge in [-0.25, -0.2) is 4.79 Å². The molecule has 1 saturated carbocycles. The zero-order chi connectivity index (χ0) is 15.3. The van der Waals surface area contributed by atoms with Crippen molar-refractivity contribution in [3.63, 3.8) is 0 Å². The van der Waals surface area contributed by atoms with Gasteiger partial charge in [-0.2, -0.15) is 0 Å². The van der Waals surface area contributed by atoms with Crippen LogP contribution in [0, 0.1) is 5.41 Å². The molecule has 1 aromatic rings. The number of amides is 2. The van der Waals surface area contributed by atoms with Crippen LogP contribution >= 0.6 is 0 Å². The van der Waals surface area contributed by atoms with Crippen molar-refractivity contribution < 1.29 is 14.6 Å². The lowest BCUT2D eigenvalue weighted by Gasteiger charge is -2.16. The number of ether oxygens (including phenoxy) is 1. The van der Waals surface area contributed by atoms with Gasteiger partial charge in [-0.05, 0) is 49.3 Å². The number of carbonyl (C=O) groups excluding carboxylic acids is 1. The Kier molecular flexibility index (Phi) is 5.20. The van der Waals surface area contributed by atoms with Crippen LogP contribution in [-0.4, -0.2) is 31.4 Å². The standard InChI is InChI=1S/C16H24N2O3/c1-12(19)13-3-5-14(6-4-13)18-15(20)17-11-16(7-8-16)9-10-21-2/h3-6,12,19H,7-11H2,1-2H3,(H2,17,18,20). The van der Waals surface area contributed by atoms with Crippen LogP contribution in [-0.2, 0) is 4.74 Å². The Morgan fingerprint density at radius 1 is 1.38 bits per heavy atom. The van der Waals surface area contributed by atoms with Crippen LogP contribution in [0.2, 0.25) is 0 Å². The van der Waals surface area contributed by atoms with Crippen molar-refractivity contribution in [3.8, 4) is 0 Å². The molecule has 0 saturated heterocycles. The lowest BCUT2D eigenvalue weighted by atomic mass is 10.0. The maximum atomic E-state index is 11.9. The summed E-state index contributed by atoms with van der Waals surface area (Å²) in [6.45, 7) is 3.14. The number of aliphatic hydroxyl groups is 1. The molecule has 5 nitrogen and oxygen atoms in total. The quantitative estimate of drug-likeness (QED) is 0.723. The van der Waals surface area contributed by atoms with Gasteiger partial charge in [0.25, 0.3) is 0 Å². The highest BCUT2D eigenvalue weighted by Gasteiger charge is 2.42. The lowest BCUT2D eigenvalue weighted by Crippen LogP contribution is -2.34. The lowest BCUT2D eigenvalue weighted by molar-refractivity contribution is 0.171. The molecule has 2 amide bonds. The van der Waals surface area contributed by atoms with Gasteiger partial charge >= 0.3 is 6.03 Å². The predicted octanol–water partition coefficient (Wildman–Crippen LogP) is 2.68. The number of anilines is 1. The fourth-order valence-electron chi connectivity index (χ4n) is 2.30. The van der Waals surface area contributed by atoms with Crippen LogP contribution in [0.15, 0.2) is 24.3 Å². The molecule has 1 atom stereocenters. The van der Waals surface area contributed by atoms with Crippen LogP contribution in [0.5, 0.6) is 0 Å². The molecular weight excluding hydrogens is 268 g/mol. The average Bonchev–Trinajstić information content (AvgIpc) is 3.24. The zero-order valence-electron chi connectivity index (χ0n) is 12.7. The predicted molar refractivity (Wildman–Crippen MR) is 82.3 cm³/mol. The Balaban J connectivity index is 1.77. The van der Waals surface area contributed by atoms with Crippen molar-refractivity contribution in [2.75, 3.05) is 25.6 Å². The molecule has 1 fully saturated rings. The normalized spacial score (nSPS) is 17.1. The van der Waals surface area contributed by atoms with Crippen LogP contribution in [0.1, 0.15) is 37.9 Å². The largest absolute Gasteiger partial charge is 0.389 e. The summed E-state index contributed by atoms with van der Waals surface area (Å²) in [5, 5.41) is 15.2. The Morgan fingerprint density at radius 3 is 2.57 bits per heavy atom. The van der Waals surface area contributed by atoms with Gasteiger partial charge in [0.05, 0.1) is 6.10 Å². The summed E-state index contributed by atoms with van der Waals surface area (Å²) >= 11 is 0. The third kappa shape index (κ3) is 4.72. The average molecular weight is 292 g/mol. The highest BCUT2D eigenvalue weighted by molar-refractivity contribution is 5.89. The molecule has 3 N–H and O–H groups in total. The number of rotatable bonds is 7. The van der Waals surface area contributed by atoms with Crippen molar-refractivity contribution >= 4 is 11.7 Å². The maximum absolute atomic E-state index is 11.9. The minimum absolute atomic E-state index is 0.191. The monoisotopic (exact) mass is 292 g/mol. The van der Waals surface area contributed by atoms with Crippen molar-refractivity contribution in [2.24, 2.45) is 5.41 Å². The number of methoxy groups -OCH3 is 1. The van der Waals surface area contributed by atoms with E-state index < -0.39 is 6.10 Å². The van der Waals surface area contributed by atoms with Gasteiger partial charge in [0.2, 0.25) is 0 Å². The summed E-state index contributed by atoms with van der Waals surface area (Å²) < 4.78 is 5.10. The van der Waals surface area contributed by atoms with Crippen molar-refractivity contribution in [1.29, 1.82) is 0 Å². The topological polar surface area (TPSA) is 70.6 Å². The molecule has 0 heterocycles. The summed E-state index contributed by atoms with van der Waals surface area (Å²) in [5.74, 6) is 0. The van der Waals surface area contributed by atoms with E-state index in [2.05, 4.69) is 10.6 Å². The first-order valence-corrected chi connectivity index (χ1v) is 7.36. The number of carbonyl (C=O) groups is 1. The second-order valence-corrected chi connectivity index (χ2v) is 5.85. The zero-order valence-corrected chi connectivity index (χ0v) is 12.7. The van der Waals surface area contributed by atoms with E-state index >= 15 is 0 Å². The summed E-state index contributed by atoms with van der Waals surface area (Å²) in [6.07, 6.45) is 2.80. The minimum atomic E-state index is -0.497. The molecule has 1 aliphatic rings. The van der Waals surface area contributed by atoms with Crippen molar-refractivity contribution in [3.05, 3.63) is 29.8 Å². The van der Waals surface area contributed by atoms with Crippen LogP contribution in [0.25, 0.3) is 0 Å². The molecule has 1 aliphatic carbocycles. The van der Waals surface area contributed by atoms with Gasteiger partial charge < -0.3 is 20.5 Å². The van der Waals surface area contributed by atoms with Gasteiger partial charge in [0, 0.05) is 25.9 Å². The molecule has 5 heteroatoms. The van der Waals surface area contributed by atoms with Crippen LogP contribution < -0.4 is 10.6 Å². The van der Waals surface area contributed by atoms with E-state index in [1.807, 2.05) is 0 Å². The summed E-state index contributed by atoms with van der Waals surface area (Å²) in [6, 6.07) is 7.00. The van der Waals surface area contributed by atoms with E-state index in [4.69, 9.17) is 4.74 Å². The highest BCUT2D eigenvalue weighted by atomic mass is 16.5. The third-order valence-electron chi connectivity index (χ3n) is 4.07. The van der Waals surface area contributed by atoms with E-state index in [0.717, 1.165) is 37.1 Å². The third-order valence-corrected chi connectivity index (χ3v) is 4.07. The number of urea groups is 1. The molecule has 1 aromatic carbocycles. The van der Waals surface area contributed by atoms with Gasteiger partial charge in [-0.3, -0.25) is 0 Å². The number of hydrogen-bond acceptors (Lipinski definition) is 3. The first-order valence-electron chi connectivity index (χ1n) is 7.36. The molecule has 0 aromatic heterocycles. The second kappa shape index (κ2) is 6.91. The van der Waals surface area contributed by atoms with Crippen LogP contribution in [0.3, 0.4) is 0 Å². The molecule has 0 aliphatic heterocycles. The fourth-order valence-corrected chi connectivity index (χ4v) is 2.30. The van der Waals surface area contributed by atoms with E-state index in [0.29, 0.717) is 6.54 Å². The fraction of sp³-hybridized carbons (Fsp3) is 0.562. The summed E-state index contributed by atoms with van der Waals surface area (Å²) in [4.78, 5) is 11.9. The number of nitrogens with one attached hydrogen (secondary N) is 2. The van der Waals surface area contributed by atoms with Gasteiger partial charge in [0.15, 0.2) is 0 Å². The Labute approximate surface area is 125 Å². The van der Waals surface area contributed by atoms with Crippen molar-refractivity contribution in [1.82, 2.24) is 5.32 Å². The van der Waals surface area contributed by atoms with Gasteiger partial charge in [0.1, 0.15) is 0 Å². The Morgan fingerprint density at radius 2 is 2.05 bits per heavy atom. The molecule has 21 heavy (non-hydrogen) atoms. The van der Waals surface area contributed by atoms with Gasteiger partial charge in [-0.1, -0.05) is 12.1 Å². The van der Waals surface area contributed by atoms with Crippen molar-refractivity contribution in [2.45, 2.75) is 32.3 Å². The number of aliphatic hydroxyl groups excluding tert-OH is 1. The minimum Gasteiger partial charge on any atom is -0.389 e. The first kappa shape index (κ1) is 15.8. The SMILES string of the molecule is COCCC1(CNC(=O)Nc2ccc(C(C)O)cc2)CC1. The molecule has 116 valence electrons. The summed E-state index contributed by atoms with van der Waals surface area (Å²) in [5.41, 5.74) is 1.79. The highest BCUT2D eigenvalue weighted by Crippen LogP contribution is 2.48. The number of hydrogen-bond donors (Lipinski definition) is 3. The molecule has 1 unspecified atom stereocenters. The first-order chi connectivity index (χ1) is 10.0. The Hall–Kier alpha value is -1.59. The second-order valence-electron chi connectivity index (χ2n) is 5.85. The molecule has 0 radical (unpaired) electrons. The molecule has 2 rings (SSSR count). The maximum Gasteiger partial charge on any atom is 0.319 e. The molecule has 0 spiro atoms. The smallest absolute Gasteiger partial charge is 0.319 e. The van der Waals surface area contributed by atoms with E-state index in [9.17, 15) is 9.90 Å². The molecular formula is C16H24N2O3.